The standard InChI is InChI=1S/C16H14F2OS/c1-9-6-7-11(15(18)14(9)17)16(19)12-8-20-13-5-3-2-4-10(12)13/h2-7,12,16,19H,8H2,1H3. The molecule has 104 valence electrons. The first-order valence-corrected chi connectivity index (χ1v) is 7.42. The topological polar surface area (TPSA) is 20.2 Å². The molecule has 0 saturated heterocycles. The molecule has 2 aromatic rings. The predicted octanol–water partition coefficient (Wildman–Crippen LogP) is 4.20. The van der Waals surface area contributed by atoms with E-state index in [0.717, 1.165) is 10.5 Å². The summed E-state index contributed by atoms with van der Waals surface area (Å²) >= 11 is 1.64. The molecule has 1 heterocycles. The molecule has 0 bridgehead atoms. The van der Waals surface area contributed by atoms with Gasteiger partial charge in [0.1, 0.15) is 0 Å². The number of aliphatic hydroxyl groups is 1. The van der Waals surface area contributed by atoms with Gasteiger partial charge in [0.2, 0.25) is 0 Å². The van der Waals surface area contributed by atoms with Crippen molar-refractivity contribution in [2.75, 3.05) is 5.75 Å². The molecule has 0 aromatic heterocycles. The van der Waals surface area contributed by atoms with Crippen LogP contribution in [0, 0.1) is 18.6 Å². The van der Waals surface area contributed by atoms with Crippen LogP contribution in [0.4, 0.5) is 8.78 Å². The molecule has 2 atom stereocenters. The van der Waals surface area contributed by atoms with Crippen molar-refractivity contribution >= 4 is 11.8 Å². The van der Waals surface area contributed by atoms with Crippen LogP contribution in [0.5, 0.6) is 0 Å². The van der Waals surface area contributed by atoms with Gasteiger partial charge < -0.3 is 5.11 Å². The van der Waals surface area contributed by atoms with Crippen LogP contribution in [0.25, 0.3) is 0 Å². The van der Waals surface area contributed by atoms with Crippen LogP contribution in [0.2, 0.25) is 0 Å². The van der Waals surface area contributed by atoms with E-state index in [1.54, 1.807) is 11.8 Å². The molecule has 1 aliphatic rings. The first-order chi connectivity index (χ1) is 9.59. The van der Waals surface area contributed by atoms with Gasteiger partial charge in [-0.05, 0) is 24.1 Å². The maximum Gasteiger partial charge on any atom is 0.164 e. The maximum atomic E-state index is 14.0. The number of rotatable bonds is 2. The highest BCUT2D eigenvalue weighted by Gasteiger charge is 2.32. The number of hydrogen-bond acceptors (Lipinski definition) is 2. The van der Waals surface area contributed by atoms with E-state index in [2.05, 4.69) is 0 Å². The zero-order valence-corrected chi connectivity index (χ0v) is 11.8. The van der Waals surface area contributed by atoms with Crippen LogP contribution in [0.15, 0.2) is 41.3 Å². The number of aryl methyl sites for hydroxylation is 1. The van der Waals surface area contributed by atoms with Crippen molar-refractivity contribution in [3.05, 3.63) is 64.7 Å². The van der Waals surface area contributed by atoms with E-state index < -0.39 is 17.7 Å². The van der Waals surface area contributed by atoms with Gasteiger partial charge in [-0.15, -0.1) is 11.8 Å². The summed E-state index contributed by atoms with van der Waals surface area (Å²) in [4.78, 5) is 1.10. The summed E-state index contributed by atoms with van der Waals surface area (Å²) in [5.41, 5.74) is 1.29. The minimum absolute atomic E-state index is 0.0374. The molecule has 2 unspecified atom stereocenters. The Hall–Kier alpha value is -1.39. The number of thioether (sulfide) groups is 1. The average molecular weight is 292 g/mol. The molecule has 1 aliphatic heterocycles. The summed E-state index contributed by atoms with van der Waals surface area (Å²) in [5, 5.41) is 10.4. The monoisotopic (exact) mass is 292 g/mol. The lowest BCUT2D eigenvalue weighted by atomic mass is 9.90. The Labute approximate surface area is 120 Å². The lowest BCUT2D eigenvalue weighted by molar-refractivity contribution is 0.148. The number of aliphatic hydroxyl groups excluding tert-OH is 1. The van der Waals surface area contributed by atoms with Crippen LogP contribution in [0.1, 0.15) is 28.7 Å². The molecule has 0 radical (unpaired) electrons. The van der Waals surface area contributed by atoms with Crippen LogP contribution in [0.3, 0.4) is 0 Å². The normalized spacial score (nSPS) is 18.9. The first-order valence-electron chi connectivity index (χ1n) is 6.44. The molecule has 20 heavy (non-hydrogen) atoms. The number of halogens is 2. The van der Waals surface area contributed by atoms with Crippen LogP contribution in [-0.2, 0) is 0 Å². The van der Waals surface area contributed by atoms with E-state index in [0.29, 0.717) is 5.75 Å². The van der Waals surface area contributed by atoms with Gasteiger partial charge in [-0.25, -0.2) is 8.78 Å². The molecule has 2 aromatic carbocycles. The smallest absolute Gasteiger partial charge is 0.164 e. The average Bonchev–Trinajstić information content (AvgIpc) is 2.88. The van der Waals surface area contributed by atoms with Crippen LogP contribution < -0.4 is 0 Å². The van der Waals surface area contributed by atoms with Crippen molar-refractivity contribution in [2.24, 2.45) is 0 Å². The van der Waals surface area contributed by atoms with Crippen LogP contribution >= 0.6 is 11.8 Å². The second-order valence-corrected chi connectivity index (χ2v) is 6.06. The number of hydrogen-bond donors (Lipinski definition) is 1. The van der Waals surface area contributed by atoms with Gasteiger partial charge >= 0.3 is 0 Å². The quantitative estimate of drug-likeness (QED) is 0.895. The van der Waals surface area contributed by atoms with Gasteiger partial charge in [0.15, 0.2) is 11.6 Å². The van der Waals surface area contributed by atoms with Gasteiger partial charge in [-0.3, -0.25) is 0 Å². The summed E-state index contributed by atoms with van der Waals surface area (Å²) in [5.74, 6) is -1.34. The predicted molar refractivity (Wildman–Crippen MR) is 76.0 cm³/mol. The molecular formula is C16H14F2OS. The molecule has 0 amide bonds. The Bertz CT molecular complexity index is 657. The Morgan fingerprint density at radius 2 is 1.90 bits per heavy atom. The van der Waals surface area contributed by atoms with Gasteiger partial charge in [0.05, 0.1) is 6.10 Å². The van der Waals surface area contributed by atoms with E-state index in [-0.39, 0.29) is 17.0 Å². The maximum absolute atomic E-state index is 14.0. The Kier molecular flexibility index (Phi) is 3.52. The third-order valence-corrected chi connectivity index (χ3v) is 4.95. The number of fused-ring (bicyclic) bond motifs is 1. The summed E-state index contributed by atoms with van der Waals surface area (Å²) in [7, 11) is 0. The van der Waals surface area contributed by atoms with Gasteiger partial charge in [-0.2, -0.15) is 0 Å². The van der Waals surface area contributed by atoms with E-state index in [9.17, 15) is 13.9 Å². The highest BCUT2D eigenvalue weighted by atomic mass is 32.2. The SMILES string of the molecule is Cc1ccc(C(O)C2CSc3ccccc32)c(F)c1F. The highest BCUT2D eigenvalue weighted by molar-refractivity contribution is 7.99. The van der Waals surface area contributed by atoms with Crippen molar-refractivity contribution in [2.45, 2.75) is 23.8 Å². The first kappa shape index (κ1) is 13.6. The Morgan fingerprint density at radius 1 is 1.15 bits per heavy atom. The second kappa shape index (κ2) is 5.19. The van der Waals surface area contributed by atoms with Crippen molar-refractivity contribution in [3.8, 4) is 0 Å². The van der Waals surface area contributed by atoms with Crippen molar-refractivity contribution < 1.29 is 13.9 Å². The minimum Gasteiger partial charge on any atom is -0.388 e. The molecule has 3 rings (SSSR count). The Balaban J connectivity index is 1.99. The molecule has 0 saturated carbocycles. The lowest BCUT2D eigenvalue weighted by Gasteiger charge is -2.20. The van der Waals surface area contributed by atoms with E-state index >= 15 is 0 Å². The third-order valence-electron chi connectivity index (χ3n) is 3.74. The van der Waals surface area contributed by atoms with Crippen molar-refractivity contribution in [3.63, 3.8) is 0 Å². The number of benzene rings is 2. The summed E-state index contributed by atoms with van der Waals surface area (Å²) in [6.07, 6.45) is -1.03. The molecule has 0 spiro atoms. The molecule has 0 aliphatic carbocycles. The van der Waals surface area contributed by atoms with Crippen molar-refractivity contribution in [1.29, 1.82) is 0 Å². The van der Waals surface area contributed by atoms with E-state index in [4.69, 9.17) is 0 Å². The van der Waals surface area contributed by atoms with E-state index in [1.807, 2.05) is 24.3 Å². The fourth-order valence-corrected chi connectivity index (χ4v) is 3.84. The van der Waals surface area contributed by atoms with Gasteiger partial charge in [0.25, 0.3) is 0 Å². The molecule has 0 fully saturated rings. The van der Waals surface area contributed by atoms with Crippen LogP contribution in [-0.4, -0.2) is 10.9 Å². The van der Waals surface area contributed by atoms with Gasteiger partial charge in [-0.1, -0.05) is 30.3 Å². The highest BCUT2D eigenvalue weighted by Crippen LogP contribution is 2.45. The fraction of sp³-hybridized carbons (Fsp3) is 0.250. The zero-order valence-electron chi connectivity index (χ0n) is 10.9. The second-order valence-electron chi connectivity index (χ2n) is 5.00. The summed E-state index contributed by atoms with van der Waals surface area (Å²) < 4.78 is 27.6. The summed E-state index contributed by atoms with van der Waals surface area (Å²) in [6, 6.07) is 10.7. The zero-order chi connectivity index (χ0) is 14.3. The fourth-order valence-electron chi connectivity index (χ4n) is 2.55. The third kappa shape index (κ3) is 2.13. The Morgan fingerprint density at radius 3 is 2.70 bits per heavy atom. The van der Waals surface area contributed by atoms with Crippen molar-refractivity contribution in [1.82, 2.24) is 0 Å². The molecule has 4 heteroatoms. The largest absolute Gasteiger partial charge is 0.388 e. The molecule has 1 N–H and O–H groups in total. The summed E-state index contributed by atoms with van der Waals surface area (Å²) in [6.45, 7) is 1.51. The molecule has 1 nitrogen and oxygen atoms in total. The lowest BCUT2D eigenvalue weighted by Crippen LogP contribution is -2.13. The molecular weight excluding hydrogens is 278 g/mol. The van der Waals surface area contributed by atoms with Gasteiger partial charge in [0, 0.05) is 22.1 Å². The van der Waals surface area contributed by atoms with E-state index in [1.165, 1.54) is 19.1 Å². The minimum atomic E-state index is -1.03.